The number of nitro groups is 1. The van der Waals surface area contributed by atoms with Gasteiger partial charge in [0, 0.05) is 11.6 Å². The van der Waals surface area contributed by atoms with E-state index in [1.54, 1.807) is 36.4 Å². The minimum absolute atomic E-state index is 0.118. The molecule has 0 aliphatic carbocycles. The van der Waals surface area contributed by atoms with Crippen LogP contribution in [0.3, 0.4) is 0 Å². The van der Waals surface area contributed by atoms with E-state index in [4.69, 9.17) is 9.47 Å². The molecule has 0 radical (unpaired) electrons. The second kappa shape index (κ2) is 11.4. The lowest BCUT2D eigenvalue weighted by molar-refractivity contribution is -0.385. The number of para-hydroxylation sites is 1. The van der Waals surface area contributed by atoms with Crippen molar-refractivity contribution >= 4 is 40.4 Å². The third kappa shape index (κ3) is 6.72. The number of benzene rings is 3. The fourth-order valence-electron chi connectivity index (χ4n) is 2.92. The lowest BCUT2D eigenvalue weighted by Gasteiger charge is -2.13. The fraction of sp³-hybridized carbons (Fsp3) is 0.130. The number of nitrogens with zero attached hydrogens (tertiary/aromatic N) is 2. The standard InChI is InChI=1S/C23H19FIN3O5/c1-32-21-11-16(10-19(25)23(21)33-14-15-6-8-18(24)9-7-15)13-26-27-22(29)12-17-4-2-3-5-20(17)28(30)31/h2-11,13H,12,14H2,1H3,(H,27,29)/b26-13+. The van der Waals surface area contributed by atoms with E-state index in [2.05, 4.69) is 33.1 Å². The highest BCUT2D eigenvalue weighted by Crippen LogP contribution is 2.34. The maximum atomic E-state index is 13.1. The number of carbonyl (C=O) groups excluding carboxylic acids is 1. The van der Waals surface area contributed by atoms with Gasteiger partial charge in [0.15, 0.2) is 11.5 Å². The third-order valence-corrected chi connectivity index (χ3v) is 5.29. The first-order chi connectivity index (χ1) is 15.9. The molecule has 0 aliphatic heterocycles. The lowest BCUT2D eigenvalue weighted by Crippen LogP contribution is -2.20. The van der Waals surface area contributed by atoms with Crippen molar-refractivity contribution in [2.75, 3.05) is 7.11 Å². The highest BCUT2D eigenvalue weighted by molar-refractivity contribution is 14.1. The Morgan fingerprint density at radius 1 is 1.21 bits per heavy atom. The molecule has 170 valence electrons. The van der Waals surface area contributed by atoms with E-state index in [0.717, 1.165) is 9.13 Å². The molecular weight excluding hydrogens is 544 g/mol. The molecule has 0 aliphatic rings. The van der Waals surface area contributed by atoms with Crippen LogP contribution in [0.2, 0.25) is 0 Å². The maximum Gasteiger partial charge on any atom is 0.273 e. The maximum absolute atomic E-state index is 13.1. The first-order valence-electron chi connectivity index (χ1n) is 9.66. The van der Waals surface area contributed by atoms with Crippen molar-refractivity contribution in [1.82, 2.24) is 5.43 Å². The molecule has 3 rings (SSSR count). The van der Waals surface area contributed by atoms with Gasteiger partial charge in [0.2, 0.25) is 5.91 Å². The molecule has 3 aromatic rings. The van der Waals surface area contributed by atoms with Gasteiger partial charge in [-0.15, -0.1) is 0 Å². The van der Waals surface area contributed by atoms with E-state index in [0.29, 0.717) is 22.6 Å². The topological polar surface area (TPSA) is 103 Å². The number of hydrogen-bond acceptors (Lipinski definition) is 6. The number of nitrogens with one attached hydrogen (secondary N) is 1. The molecule has 0 fully saturated rings. The summed E-state index contributed by atoms with van der Waals surface area (Å²) in [6.45, 7) is 0.238. The molecule has 0 spiro atoms. The van der Waals surface area contributed by atoms with Crippen molar-refractivity contribution in [3.63, 3.8) is 0 Å². The minimum atomic E-state index is -0.528. The largest absolute Gasteiger partial charge is 0.493 e. The molecule has 0 saturated carbocycles. The molecule has 0 heterocycles. The van der Waals surface area contributed by atoms with Crippen LogP contribution in [-0.4, -0.2) is 24.2 Å². The first kappa shape index (κ1) is 24.1. The quantitative estimate of drug-likeness (QED) is 0.177. The van der Waals surface area contributed by atoms with Gasteiger partial charge in [-0.3, -0.25) is 14.9 Å². The molecule has 33 heavy (non-hydrogen) atoms. The Labute approximate surface area is 202 Å². The average molecular weight is 563 g/mol. The summed E-state index contributed by atoms with van der Waals surface area (Å²) >= 11 is 2.10. The molecule has 0 saturated heterocycles. The van der Waals surface area contributed by atoms with E-state index < -0.39 is 10.8 Å². The molecule has 3 aromatic carbocycles. The van der Waals surface area contributed by atoms with Crippen LogP contribution in [0.4, 0.5) is 10.1 Å². The van der Waals surface area contributed by atoms with Gasteiger partial charge in [0.25, 0.3) is 5.69 Å². The van der Waals surface area contributed by atoms with Gasteiger partial charge in [-0.25, -0.2) is 9.82 Å². The number of hydrazone groups is 1. The molecule has 0 bridgehead atoms. The first-order valence-corrected chi connectivity index (χ1v) is 10.7. The van der Waals surface area contributed by atoms with E-state index in [9.17, 15) is 19.3 Å². The van der Waals surface area contributed by atoms with E-state index >= 15 is 0 Å². The Morgan fingerprint density at radius 2 is 1.94 bits per heavy atom. The van der Waals surface area contributed by atoms with Crippen molar-refractivity contribution in [2.24, 2.45) is 5.10 Å². The van der Waals surface area contributed by atoms with E-state index in [1.165, 1.54) is 37.6 Å². The second-order valence-electron chi connectivity index (χ2n) is 6.81. The number of hydrogen-bond donors (Lipinski definition) is 1. The number of methoxy groups -OCH3 is 1. The summed E-state index contributed by atoms with van der Waals surface area (Å²) in [5, 5.41) is 15.0. The summed E-state index contributed by atoms with van der Waals surface area (Å²) in [5.41, 5.74) is 4.01. The zero-order valence-electron chi connectivity index (χ0n) is 17.5. The van der Waals surface area contributed by atoms with Crippen LogP contribution in [0.1, 0.15) is 16.7 Å². The summed E-state index contributed by atoms with van der Waals surface area (Å²) in [5.74, 6) is 0.196. The normalized spacial score (nSPS) is 10.8. The van der Waals surface area contributed by atoms with Crippen LogP contribution in [0.15, 0.2) is 65.8 Å². The Hall–Kier alpha value is -3.54. The van der Waals surface area contributed by atoms with Gasteiger partial charge in [0.05, 0.1) is 28.2 Å². The van der Waals surface area contributed by atoms with Crippen molar-refractivity contribution < 1.29 is 23.6 Å². The number of amides is 1. The minimum Gasteiger partial charge on any atom is -0.493 e. The fourth-order valence-corrected chi connectivity index (χ4v) is 3.70. The molecular formula is C23H19FIN3O5. The van der Waals surface area contributed by atoms with Gasteiger partial charge in [-0.2, -0.15) is 5.10 Å². The van der Waals surface area contributed by atoms with E-state index in [-0.39, 0.29) is 24.5 Å². The Kier molecular flexibility index (Phi) is 8.30. The monoisotopic (exact) mass is 563 g/mol. The average Bonchev–Trinajstić information content (AvgIpc) is 2.79. The zero-order valence-corrected chi connectivity index (χ0v) is 19.6. The Morgan fingerprint density at radius 3 is 2.64 bits per heavy atom. The molecule has 1 amide bonds. The van der Waals surface area contributed by atoms with Crippen LogP contribution < -0.4 is 14.9 Å². The Balaban J connectivity index is 1.65. The summed E-state index contributed by atoms with van der Waals surface area (Å²) in [6, 6.07) is 15.5. The van der Waals surface area contributed by atoms with Crippen LogP contribution >= 0.6 is 22.6 Å². The second-order valence-corrected chi connectivity index (χ2v) is 7.97. The molecule has 8 nitrogen and oxygen atoms in total. The third-order valence-electron chi connectivity index (χ3n) is 4.49. The highest BCUT2D eigenvalue weighted by Gasteiger charge is 2.15. The Bertz CT molecular complexity index is 1190. The molecule has 0 atom stereocenters. The van der Waals surface area contributed by atoms with Gasteiger partial charge in [0.1, 0.15) is 12.4 Å². The summed E-state index contributed by atoms with van der Waals surface area (Å²) < 4.78 is 25.1. The smallest absolute Gasteiger partial charge is 0.273 e. The van der Waals surface area contributed by atoms with Gasteiger partial charge < -0.3 is 9.47 Å². The summed E-state index contributed by atoms with van der Waals surface area (Å²) in [7, 11) is 1.51. The molecule has 10 heteroatoms. The van der Waals surface area contributed by atoms with Crippen LogP contribution in [0.5, 0.6) is 11.5 Å². The summed E-state index contributed by atoms with van der Waals surface area (Å²) in [6.07, 6.45) is 1.26. The van der Waals surface area contributed by atoms with Crippen molar-refractivity contribution in [3.8, 4) is 11.5 Å². The molecule has 1 N–H and O–H groups in total. The predicted octanol–water partition coefficient (Wildman–Crippen LogP) is 4.62. The number of carbonyl (C=O) groups is 1. The van der Waals surface area contributed by atoms with Crippen molar-refractivity contribution in [2.45, 2.75) is 13.0 Å². The van der Waals surface area contributed by atoms with Crippen LogP contribution in [0.25, 0.3) is 0 Å². The lowest BCUT2D eigenvalue weighted by atomic mass is 10.1. The zero-order chi connectivity index (χ0) is 23.8. The van der Waals surface area contributed by atoms with Gasteiger partial charge >= 0.3 is 0 Å². The van der Waals surface area contributed by atoms with Gasteiger partial charge in [-0.1, -0.05) is 30.3 Å². The number of nitro benzene ring substituents is 1. The van der Waals surface area contributed by atoms with Crippen molar-refractivity contribution in [3.05, 3.63) is 96.9 Å². The summed E-state index contributed by atoms with van der Waals surface area (Å²) in [4.78, 5) is 22.7. The number of ether oxygens (including phenoxy) is 2. The van der Waals surface area contributed by atoms with Gasteiger partial charge in [-0.05, 0) is 58.0 Å². The van der Waals surface area contributed by atoms with Crippen LogP contribution in [-0.2, 0) is 17.8 Å². The molecule has 0 unspecified atom stereocenters. The number of halogens is 2. The highest BCUT2D eigenvalue weighted by atomic mass is 127. The predicted molar refractivity (Wildman–Crippen MR) is 129 cm³/mol. The van der Waals surface area contributed by atoms with Crippen molar-refractivity contribution in [1.29, 1.82) is 0 Å². The van der Waals surface area contributed by atoms with E-state index in [1.807, 2.05) is 0 Å². The number of rotatable bonds is 9. The SMILES string of the molecule is COc1cc(/C=N/NC(=O)Cc2ccccc2[N+](=O)[O-])cc(I)c1OCc1ccc(F)cc1. The van der Waals surface area contributed by atoms with Crippen LogP contribution in [0, 0.1) is 19.5 Å². The molecule has 0 aromatic heterocycles.